The number of carbonyl (C=O) groups is 3. The van der Waals surface area contributed by atoms with Crippen LogP contribution in [0.25, 0.3) is 17.0 Å². The van der Waals surface area contributed by atoms with Crippen LogP contribution in [0.2, 0.25) is 0 Å². The molecule has 254 valence electrons. The number of thioether (sulfide) groups is 2. The third-order valence-corrected chi connectivity index (χ3v) is 10.4. The normalized spacial score (nSPS) is 17.4. The van der Waals surface area contributed by atoms with E-state index in [-0.39, 0.29) is 45.9 Å². The van der Waals surface area contributed by atoms with Gasteiger partial charge in [-0.15, -0.1) is 34.9 Å². The number of anilines is 1. The molecule has 1 fully saturated rings. The van der Waals surface area contributed by atoms with Gasteiger partial charge in [0.2, 0.25) is 17.8 Å². The largest absolute Gasteiger partial charge is 0.543 e. The van der Waals surface area contributed by atoms with E-state index in [1.165, 1.54) is 35.0 Å². The number of carboxylic acid groups (broad SMARTS) is 1. The number of aromatic nitrogens is 4. The number of nitrogens with zero attached hydrogens (tertiary/aromatic N) is 5. The zero-order valence-electron chi connectivity index (χ0n) is 25.3. The van der Waals surface area contributed by atoms with E-state index < -0.39 is 40.4 Å². The van der Waals surface area contributed by atoms with Gasteiger partial charge in [0.25, 0.3) is 11.8 Å². The molecule has 4 aromatic rings. The highest BCUT2D eigenvalue weighted by molar-refractivity contribution is 8.01. The first kappa shape index (κ1) is 33.4. The van der Waals surface area contributed by atoms with Crippen molar-refractivity contribution in [2.45, 2.75) is 22.9 Å². The summed E-state index contributed by atoms with van der Waals surface area (Å²) in [5.74, 6) is -2.68. The highest BCUT2D eigenvalue weighted by Crippen LogP contribution is 2.41. The summed E-state index contributed by atoms with van der Waals surface area (Å²) in [5, 5.41) is 39.2. The second-order valence-corrected chi connectivity index (χ2v) is 13.4. The molecule has 2 amide bonds. The number of hydrogen-bond acceptors (Lipinski definition) is 16. The topological polar surface area (TPSA) is 242 Å². The number of fused-ring (bicyclic) bond motifs is 1. The summed E-state index contributed by atoms with van der Waals surface area (Å²) in [7, 11) is 1.77. The molecule has 17 nitrogen and oxygen atoms in total. The van der Waals surface area contributed by atoms with Gasteiger partial charge in [-0.2, -0.15) is 10.2 Å². The zero-order valence-corrected chi connectivity index (χ0v) is 27.7. The quantitative estimate of drug-likeness (QED) is 0.0314. The molecule has 6 heterocycles. The Bertz CT molecular complexity index is 2060. The zero-order chi connectivity index (χ0) is 34.8. The van der Waals surface area contributed by atoms with Gasteiger partial charge in [0.1, 0.15) is 35.0 Å². The lowest BCUT2D eigenvalue weighted by Gasteiger charge is -2.50. The van der Waals surface area contributed by atoms with E-state index in [1.807, 2.05) is 24.5 Å². The lowest BCUT2D eigenvalue weighted by atomic mass is 10.0. The summed E-state index contributed by atoms with van der Waals surface area (Å²) in [4.78, 5) is 57.0. The van der Waals surface area contributed by atoms with Crippen molar-refractivity contribution in [2.24, 2.45) is 0 Å². The maximum Gasteiger partial charge on any atom is 0.257 e. The highest BCUT2D eigenvalue weighted by atomic mass is 32.2. The number of thiazole rings is 1. The van der Waals surface area contributed by atoms with Crippen LogP contribution in [0, 0.1) is 0 Å². The second kappa shape index (κ2) is 13.9. The average Bonchev–Trinajstić information content (AvgIpc) is 3.74. The smallest absolute Gasteiger partial charge is 0.257 e. The van der Waals surface area contributed by atoms with Crippen molar-refractivity contribution in [1.29, 1.82) is 0 Å². The van der Waals surface area contributed by atoms with E-state index in [9.17, 15) is 34.6 Å². The SMILES string of the molecule is CN[n+]1ccc(SCC2=C(C(=O)[O-])N3C(=O)[C@@H](NC(=O)/C(=C\OCc4cc(-c5cc(=O)c(O)cn5O)no4)c4csc(N)n4)[C@H]3SC2)cc1. The van der Waals surface area contributed by atoms with Crippen LogP contribution < -0.4 is 31.7 Å². The minimum absolute atomic E-state index is 0.0487. The Kier molecular flexibility index (Phi) is 9.51. The molecule has 1 saturated heterocycles. The number of hydrogen-bond donors (Lipinski definition) is 5. The Morgan fingerprint density at radius 2 is 2.08 bits per heavy atom. The molecule has 0 radical (unpaired) electrons. The van der Waals surface area contributed by atoms with Gasteiger partial charge in [0, 0.05) is 46.0 Å². The molecule has 0 unspecified atom stereocenters. The Labute approximate surface area is 288 Å². The number of pyridine rings is 2. The van der Waals surface area contributed by atoms with Crippen LogP contribution >= 0.6 is 34.9 Å². The maximum absolute atomic E-state index is 13.5. The van der Waals surface area contributed by atoms with Crippen LogP contribution in [0.4, 0.5) is 5.13 Å². The van der Waals surface area contributed by atoms with Gasteiger partial charge >= 0.3 is 0 Å². The van der Waals surface area contributed by atoms with Crippen molar-refractivity contribution in [3.05, 3.63) is 87.4 Å². The first-order chi connectivity index (χ1) is 23.5. The molecule has 2 aliphatic rings. The predicted molar refractivity (Wildman–Crippen MR) is 174 cm³/mol. The van der Waals surface area contributed by atoms with E-state index in [0.717, 1.165) is 39.7 Å². The molecular formula is C29H26N8O9S3. The first-order valence-corrected chi connectivity index (χ1v) is 17.1. The summed E-state index contributed by atoms with van der Waals surface area (Å²) in [6, 6.07) is 5.06. The average molecular weight is 727 g/mol. The van der Waals surface area contributed by atoms with E-state index in [4.69, 9.17) is 15.0 Å². The Hall–Kier alpha value is -5.47. The fraction of sp³-hybridized carbons (Fsp3) is 0.207. The molecular weight excluding hydrogens is 701 g/mol. The Balaban J connectivity index is 1.14. The summed E-state index contributed by atoms with van der Waals surface area (Å²) in [6.07, 6.45) is 5.56. The molecule has 20 heteroatoms. The first-order valence-electron chi connectivity index (χ1n) is 14.2. The van der Waals surface area contributed by atoms with Gasteiger partial charge in [-0.05, 0) is 5.57 Å². The van der Waals surface area contributed by atoms with Crippen molar-refractivity contribution in [1.82, 2.24) is 25.1 Å². The molecule has 0 bridgehead atoms. The number of nitrogens with one attached hydrogen (secondary N) is 2. The van der Waals surface area contributed by atoms with Gasteiger partial charge < -0.3 is 40.5 Å². The van der Waals surface area contributed by atoms with Crippen molar-refractivity contribution in [3.63, 3.8) is 0 Å². The van der Waals surface area contributed by atoms with Gasteiger partial charge in [-0.25, -0.2) is 4.98 Å². The third kappa shape index (κ3) is 6.91. The number of aliphatic carboxylic acids is 1. The van der Waals surface area contributed by atoms with Crippen molar-refractivity contribution >= 4 is 63.3 Å². The number of ether oxygens (including phenoxy) is 1. The monoisotopic (exact) mass is 726 g/mol. The summed E-state index contributed by atoms with van der Waals surface area (Å²) < 4.78 is 13.1. The number of carboxylic acids is 1. The van der Waals surface area contributed by atoms with Crippen LogP contribution in [0.1, 0.15) is 11.5 Å². The number of carbonyl (C=O) groups excluding carboxylic acids is 3. The lowest BCUT2D eigenvalue weighted by molar-refractivity contribution is -0.647. The van der Waals surface area contributed by atoms with Gasteiger partial charge in [-0.3, -0.25) is 19.3 Å². The Morgan fingerprint density at radius 3 is 2.78 bits per heavy atom. The van der Waals surface area contributed by atoms with E-state index in [2.05, 4.69) is 20.9 Å². The highest BCUT2D eigenvalue weighted by Gasteiger charge is 2.53. The second-order valence-electron chi connectivity index (χ2n) is 10.4. The summed E-state index contributed by atoms with van der Waals surface area (Å²) in [6.45, 7) is -0.245. The number of β-lactam (4-membered cyclic amide) rings is 1. The van der Waals surface area contributed by atoms with Crippen molar-refractivity contribution < 1.29 is 43.7 Å². The molecule has 2 aliphatic heterocycles. The van der Waals surface area contributed by atoms with Crippen molar-refractivity contribution in [3.8, 4) is 17.1 Å². The molecule has 6 rings (SSSR count). The molecule has 0 aromatic carbocycles. The van der Waals surface area contributed by atoms with Crippen LogP contribution in [-0.2, 0) is 25.7 Å². The van der Waals surface area contributed by atoms with E-state index in [1.54, 1.807) is 11.7 Å². The minimum atomic E-state index is -1.48. The lowest BCUT2D eigenvalue weighted by Crippen LogP contribution is -2.71. The number of rotatable bonds is 12. The van der Waals surface area contributed by atoms with Crippen molar-refractivity contribution in [2.75, 3.05) is 29.7 Å². The van der Waals surface area contributed by atoms with Gasteiger partial charge in [0.05, 0.1) is 36.9 Å². The van der Waals surface area contributed by atoms with Gasteiger partial charge in [0.15, 0.2) is 16.6 Å². The number of nitrogen functional groups attached to an aromatic ring is 1. The number of amides is 2. The molecule has 0 aliphatic carbocycles. The van der Waals surface area contributed by atoms with E-state index >= 15 is 0 Å². The summed E-state index contributed by atoms with van der Waals surface area (Å²) >= 11 is 3.83. The molecule has 2 atom stereocenters. The molecule has 0 spiro atoms. The Morgan fingerprint density at radius 1 is 1.31 bits per heavy atom. The number of nitrogens with two attached hydrogens (primary N) is 1. The third-order valence-electron chi connectivity index (χ3n) is 7.30. The molecule has 0 saturated carbocycles. The van der Waals surface area contributed by atoms with E-state index in [0.29, 0.717) is 21.8 Å². The summed E-state index contributed by atoms with van der Waals surface area (Å²) in [5.41, 5.74) is 8.46. The van der Waals surface area contributed by atoms with Crippen LogP contribution in [0.15, 0.2) is 80.0 Å². The molecule has 4 aromatic heterocycles. The predicted octanol–water partition coefficient (Wildman–Crippen LogP) is -0.300. The van der Waals surface area contributed by atoms with Crippen LogP contribution in [0.3, 0.4) is 0 Å². The molecule has 6 N–H and O–H groups in total. The fourth-order valence-electron chi connectivity index (χ4n) is 4.89. The van der Waals surface area contributed by atoms with Crippen LogP contribution in [-0.4, -0.2) is 77.8 Å². The van der Waals surface area contributed by atoms with Gasteiger partial charge in [-0.1, -0.05) is 9.83 Å². The minimum Gasteiger partial charge on any atom is -0.543 e. The standard InChI is InChI=1S/C29H26N8O9S3/c1-31-35-4-2-16(3-5-35)47-11-14-12-48-27-23(26(41)37(27)24(14)28(42)43)33-25(40)17(19-13-49-29(30)32-19)10-45-9-15-6-18(34-46-15)20-7-21(38)22(39)8-36(20)44/h2-8,10,13,23,27,31,44H,9,11-12H2,1H3,(H4-,30,32,33,39,40,42,43)/b17-10-/t23-,27-/m1/s1. The fourth-order valence-corrected chi connectivity index (χ4v) is 7.82. The maximum atomic E-state index is 13.5. The number of aromatic hydroxyl groups is 1. The van der Waals surface area contributed by atoms with Crippen LogP contribution in [0.5, 0.6) is 5.75 Å². The molecule has 49 heavy (non-hydrogen) atoms.